The topological polar surface area (TPSA) is 160 Å². The van der Waals surface area contributed by atoms with Crippen LogP contribution in [-0.2, 0) is 4.79 Å². The summed E-state index contributed by atoms with van der Waals surface area (Å²) in [6, 6.07) is 15.6. The van der Waals surface area contributed by atoms with E-state index in [9.17, 15) is 24.3 Å². The average Bonchev–Trinajstić information content (AvgIpc) is 2.85. The molecular weight excluding hydrogens is 452 g/mol. The van der Waals surface area contributed by atoms with Gasteiger partial charge in [0.15, 0.2) is 0 Å². The zero-order chi connectivity index (χ0) is 25.4. The Morgan fingerprint density at radius 2 is 1.66 bits per heavy atom. The highest BCUT2D eigenvalue weighted by Gasteiger charge is 2.16. The molecule has 3 aromatic rings. The monoisotopic (exact) mass is 476 g/mol. The first-order valence-corrected chi connectivity index (χ1v) is 10.8. The maximum Gasteiger partial charge on any atom is 0.328 e. The molecule has 0 aliphatic carbocycles. The first-order chi connectivity index (χ1) is 16.8. The van der Waals surface area contributed by atoms with Crippen LogP contribution in [0.1, 0.15) is 29.8 Å². The number of aromatic nitrogens is 2. The number of H-pyrrole nitrogens is 2. The highest BCUT2D eigenvalue weighted by atomic mass is 16.3. The van der Waals surface area contributed by atoms with Gasteiger partial charge in [-0.3, -0.25) is 24.4 Å². The lowest BCUT2D eigenvalue weighted by Crippen LogP contribution is -2.26. The molecule has 11 nitrogen and oxygen atoms in total. The Hall–Kier alpha value is -4.80. The molecule has 1 aromatic heterocycles. The number of nitrogens with zero attached hydrogens (tertiary/aromatic N) is 3. The fourth-order valence-electron chi connectivity index (χ4n) is 3.18. The molecule has 1 heterocycles. The molecule has 3 rings (SSSR count). The number of aromatic hydroxyl groups is 1. The summed E-state index contributed by atoms with van der Waals surface area (Å²) in [7, 11) is 0. The fourth-order valence-corrected chi connectivity index (χ4v) is 3.18. The van der Waals surface area contributed by atoms with Gasteiger partial charge in [0.1, 0.15) is 5.70 Å². The molecule has 0 aliphatic heterocycles. The molecule has 0 unspecified atom stereocenters. The van der Waals surface area contributed by atoms with Crippen LogP contribution in [0.5, 0.6) is 5.88 Å². The van der Waals surface area contributed by atoms with Crippen LogP contribution in [0.3, 0.4) is 0 Å². The number of rotatable bonds is 8. The van der Waals surface area contributed by atoms with E-state index >= 15 is 0 Å². The zero-order valence-electron chi connectivity index (χ0n) is 19.1. The molecule has 11 heteroatoms. The van der Waals surface area contributed by atoms with E-state index in [0.29, 0.717) is 11.1 Å². The van der Waals surface area contributed by atoms with Crippen molar-refractivity contribution in [1.29, 1.82) is 0 Å². The van der Waals surface area contributed by atoms with E-state index in [4.69, 9.17) is 0 Å². The van der Waals surface area contributed by atoms with Crippen molar-refractivity contribution in [2.45, 2.75) is 13.8 Å². The molecule has 0 saturated heterocycles. The minimum atomic E-state index is -1.03. The Morgan fingerprint density at radius 1 is 1.00 bits per heavy atom. The van der Waals surface area contributed by atoms with Crippen molar-refractivity contribution in [2.75, 3.05) is 18.0 Å². The van der Waals surface area contributed by atoms with E-state index in [1.807, 2.05) is 35.9 Å². The Balaban J connectivity index is 1.94. The maximum atomic E-state index is 12.8. The summed E-state index contributed by atoms with van der Waals surface area (Å²) in [6.45, 7) is 5.76. The smallest absolute Gasteiger partial charge is 0.328 e. The minimum absolute atomic E-state index is 0.210. The molecule has 0 aliphatic rings. The van der Waals surface area contributed by atoms with Gasteiger partial charge in [0, 0.05) is 24.3 Å². The van der Waals surface area contributed by atoms with Crippen molar-refractivity contribution < 1.29 is 14.7 Å². The molecule has 4 N–H and O–H groups in total. The van der Waals surface area contributed by atoms with Gasteiger partial charge in [0.25, 0.3) is 11.5 Å². The van der Waals surface area contributed by atoms with Crippen molar-refractivity contribution >= 4 is 29.3 Å². The largest absolute Gasteiger partial charge is 0.493 e. The van der Waals surface area contributed by atoms with Crippen molar-refractivity contribution in [3.63, 3.8) is 0 Å². The second-order valence-electron chi connectivity index (χ2n) is 7.25. The van der Waals surface area contributed by atoms with Crippen LogP contribution in [0.4, 0.5) is 11.4 Å². The summed E-state index contributed by atoms with van der Waals surface area (Å²) >= 11 is 0. The molecule has 0 radical (unpaired) electrons. The lowest BCUT2D eigenvalue weighted by molar-refractivity contribution is -0.115. The number of carbonyl (C=O) groups excluding carboxylic acids is 2. The third-order valence-corrected chi connectivity index (χ3v) is 4.99. The predicted octanol–water partition coefficient (Wildman–Crippen LogP) is 2.70. The molecule has 0 fully saturated rings. The standard InChI is InChI=1S/C24H24N6O5/c1-3-30(4-2)17-12-10-15(11-13-17)14-18(25-20(31)16-8-6-5-7-9-16)21(32)29-28-19-22(33)26-24(35)27-23(19)34/h5-14H,3-4H2,1-2H3,(H,25,31)(H3,26,27,33,34,35)/b18-14-,29-28?. The summed E-state index contributed by atoms with van der Waals surface area (Å²) < 4.78 is 0. The number of nitrogens with one attached hydrogen (secondary N) is 3. The van der Waals surface area contributed by atoms with Gasteiger partial charge >= 0.3 is 11.6 Å². The van der Waals surface area contributed by atoms with Crippen LogP contribution in [0, 0.1) is 0 Å². The van der Waals surface area contributed by atoms with E-state index in [0.717, 1.165) is 18.8 Å². The third kappa shape index (κ3) is 6.38. The van der Waals surface area contributed by atoms with Gasteiger partial charge in [-0.25, -0.2) is 4.79 Å². The van der Waals surface area contributed by atoms with Crippen molar-refractivity contribution in [1.82, 2.24) is 15.3 Å². The van der Waals surface area contributed by atoms with E-state index in [-0.39, 0.29) is 5.70 Å². The van der Waals surface area contributed by atoms with Crippen molar-refractivity contribution in [3.8, 4) is 5.88 Å². The van der Waals surface area contributed by atoms with Crippen molar-refractivity contribution in [2.24, 2.45) is 10.2 Å². The van der Waals surface area contributed by atoms with Crippen LogP contribution < -0.4 is 21.5 Å². The number of amides is 2. The molecule has 180 valence electrons. The number of hydrogen-bond donors (Lipinski definition) is 4. The number of azo groups is 1. The average molecular weight is 476 g/mol. The second kappa shape index (κ2) is 11.4. The third-order valence-electron chi connectivity index (χ3n) is 4.99. The van der Waals surface area contributed by atoms with Gasteiger partial charge in [-0.2, -0.15) is 0 Å². The Morgan fingerprint density at radius 3 is 2.26 bits per heavy atom. The summed E-state index contributed by atoms with van der Waals surface area (Å²) in [4.78, 5) is 54.5. The molecule has 0 spiro atoms. The van der Waals surface area contributed by atoms with Gasteiger partial charge in [0.2, 0.25) is 11.6 Å². The lowest BCUT2D eigenvalue weighted by atomic mass is 10.1. The summed E-state index contributed by atoms with van der Waals surface area (Å²) in [5, 5.41) is 19.2. The van der Waals surface area contributed by atoms with E-state index < -0.39 is 34.6 Å². The van der Waals surface area contributed by atoms with Gasteiger partial charge in [-0.15, -0.1) is 10.2 Å². The predicted molar refractivity (Wildman–Crippen MR) is 131 cm³/mol. The van der Waals surface area contributed by atoms with Crippen LogP contribution in [0.15, 0.2) is 80.1 Å². The highest BCUT2D eigenvalue weighted by molar-refractivity contribution is 6.05. The molecular formula is C24H24N6O5. The molecule has 2 amide bonds. The number of benzene rings is 2. The lowest BCUT2D eigenvalue weighted by Gasteiger charge is -2.20. The van der Waals surface area contributed by atoms with Gasteiger partial charge in [-0.1, -0.05) is 30.3 Å². The minimum Gasteiger partial charge on any atom is -0.493 e. The zero-order valence-corrected chi connectivity index (χ0v) is 19.1. The molecule has 0 bridgehead atoms. The maximum absolute atomic E-state index is 12.8. The summed E-state index contributed by atoms with van der Waals surface area (Å²) in [6.07, 6.45) is 1.42. The fraction of sp³-hybridized carbons (Fsp3) is 0.167. The molecule has 0 atom stereocenters. The Kier molecular flexibility index (Phi) is 8.06. The Labute approximate surface area is 199 Å². The van der Waals surface area contributed by atoms with Gasteiger partial charge in [0.05, 0.1) is 0 Å². The first kappa shape index (κ1) is 24.8. The van der Waals surface area contributed by atoms with E-state index in [1.165, 1.54) is 6.08 Å². The van der Waals surface area contributed by atoms with Gasteiger partial charge < -0.3 is 15.3 Å². The SMILES string of the molecule is CCN(CC)c1ccc(/C=C(\NC(=O)c2ccccc2)C(=O)N=Nc2c(O)[nH]c(=O)[nH]c2=O)cc1. The van der Waals surface area contributed by atoms with E-state index in [1.54, 1.807) is 42.5 Å². The highest BCUT2D eigenvalue weighted by Crippen LogP contribution is 2.19. The number of aromatic amines is 2. The summed E-state index contributed by atoms with van der Waals surface area (Å²) in [5.74, 6) is -2.38. The molecule has 0 saturated carbocycles. The second-order valence-corrected chi connectivity index (χ2v) is 7.25. The van der Waals surface area contributed by atoms with Gasteiger partial charge in [-0.05, 0) is 49.8 Å². The summed E-state index contributed by atoms with van der Waals surface area (Å²) in [5.41, 5.74) is -0.919. The number of hydrogen-bond acceptors (Lipinski definition) is 7. The van der Waals surface area contributed by atoms with Crippen molar-refractivity contribution in [3.05, 3.63) is 92.3 Å². The first-order valence-electron chi connectivity index (χ1n) is 10.8. The van der Waals surface area contributed by atoms with Crippen LogP contribution in [0.2, 0.25) is 0 Å². The normalized spacial score (nSPS) is 11.4. The molecule has 2 aromatic carbocycles. The van der Waals surface area contributed by atoms with Crippen LogP contribution in [-0.4, -0.2) is 40.0 Å². The molecule has 35 heavy (non-hydrogen) atoms. The van der Waals surface area contributed by atoms with Crippen LogP contribution >= 0.6 is 0 Å². The number of anilines is 1. The quantitative estimate of drug-likeness (QED) is 0.289. The number of carbonyl (C=O) groups is 2. The van der Waals surface area contributed by atoms with Crippen LogP contribution in [0.25, 0.3) is 6.08 Å². The Bertz CT molecular complexity index is 1370. The van der Waals surface area contributed by atoms with E-state index in [2.05, 4.69) is 20.4 Å².